The van der Waals surface area contributed by atoms with E-state index in [2.05, 4.69) is 29.3 Å². The SMILES string of the molecule is CC[C@@H](NC1CCN(c2ccc(Cl)cc2)CC1)C1CC(O)C1. The van der Waals surface area contributed by atoms with Gasteiger partial charge in [-0.2, -0.15) is 0 Å². The molecule has 1 aliphatic carbocycles. The number of rotatable bonds is 5. The maximum absolute atomic E-state index is 9.51. The molecule has 1 aromatic carbocycles. The fourth-order valence-corrected chi connectivity index (χ4v) is 3.93. The van der Waals surface area contributed by atoms with Gasteiger partial charge in [0.15, 0.2) is 0 Å². The van der Waals surface area contributed by atoms with Crippen LogP contribution in [0, 0.1) is 5.92 Å². The Balaban J connectivity index is 1.48. The number of benzene rings is 1. The van der Waals surface area contributed by atoms with E-state index in [9.17, 15) is 5.11 Å². The first-order chi connectivity index (χ1) is 10.7. The maximum atomic E-state index is 9.51. The van der Waals surface area contributed by atoms with Gasteiger partial charge in [-0.25, -0.2) is 0 Å². The van der Waals surface area contributed by atoms with Crippen LogP contribution in [-0.2, 0) is 0 Å². The summed E-state index contributed by atoms with van der Waals surface area (Å²) in [5, 5.41) is 14.2. The summed E-state index contributed by atoms with van der Waals surface area (Å²) in [5.74, 6) is 0.675. The van der Waals surface area contributed by atoms with E-state index in [1.165, 1.54) is 18.5 Å². The highest BCUT2D eigenvalue weighted by atomic mass is 35.5. The van der Waals surface area contributed by atoms with Crippen molar-refractivity contribution in [1.82, 2.24) is 5.32 Å². The number of piperidine rings is 1. The zero-order valence-corrected chi connectivity index (χ0v) is 14.1. The molecular formula is C18H27ClN2O. The third-order valence-electron chi connectivity index (χ3n) is 5.30. The Hall–Kier alpha value is -0.770. The molecule has 2 N–H and O–H groups in total. The Morgan fingerprint density at radius 2 is 1.86 bits per heavy atom. The number of hydrogen-bond donors (Lipinski definition) is 2. The first-order valence-electron chi connectivity index (χ1n) is 8.60. The summed E-state index contributed by atoms with van der Waals surface area (Å²) >= 11 is 5.96. The van der Waals surface area contributed by atoms with Crippen LogP contribution in [0.2, 0.25) is 5.02 Å². The quantitative estimate of drug-likeness (QED) is 0.871. The lowest BCUT2D eigenvalue weighted by Gasteiger charge is -2.41. The van der Waals surface area contributed by atoms with Crippen molar-refractivity contribution in [3.8, 4) is 0 Å². The highest BCUT2D eigenvalue weighted by Crippen LogP contribution is 2.32. The van der Waals surface area contributed by atoms with Crippen LogP contribution in [0.3, 0.4) is 0 Å². The Bertz CT molecular complexity index is 464. The minimum atomic E-state index is -0.0485. The molecule has 22 heavy (non-hydrogen) atoms. The highest BCUT2D eigenvalue weighted by molar-refractivity contribution is 6.30. The topological polar surface area (TPSA) is 35.5 Å². The molecule has 0 amide bonds. The summed E-state index contributed by atoms with van der Waals surface area (Å²) in [6.07, 6.45) is 5.45. The lowest BCUT2D eigenvalue weighted by Crippen LogP contribution is -2.51. The van der Waals surface area contributed by atoms with Crippen LogP contribution in [0.5, 0.6) is 0 Å². The number of aliphatic hydroxyl groups is 1. The standard InChI is InChI=1S/C18H27ClN2O/c1-2-18(13-11-17(22)12-13)20-15-7-9-21(10-8-15)16-5-3-14(19)4-6-16/h3-6,13,15,17-18,20,22H,2,7-12H2,1H3/t13?,17?,18-/m1/s1. The molecule has 0 unspecified atom stereocenters. The van der Waals surface area contributed by atoms with Crippen molar-refractivity contribution >= 4 is 17.3 Å². The fraction of sp³-hybridized carbons (Fsp3) is 0.667. The van der Waals surface area contributed by atoms with Gasteiger partial charge < -0.3 is 15.3 Å². The van der Waals surface area contributed by atoms with Gasteiger partial charge in [-0.05, 0) is 62.3 Å². The van der Waals surface area contributed by atoms with E-state index in [0.29, 0.717) is 18.0 Å². The molecule has 1 saturated heterocycles. The van der Waals surface area contributed by atoms with Crippen molar-refractivity contribution in [2.24, 2.45) is 5.92 Å². The van der Waals surface area contributed by atoms with E-state index in [-0.39, 0.29) is 6.10 Å². The highest BCUT2D eigenvalue weighted by Gasteiger charge is 2.34. The van der Waals surface area contributed by atoms with Gasteiger partial charge in [0.05, 0.1) is 6.10 Å². The number of nitrogens with zero attached hydrogens (tertiary/aromatic N) is 1. The van der Waals surface area contributed by atoms with Crippen LogP contribution >= 0.6 is 11.6 Å². The average Bonchev–Trinajstić information content (AvgIpc) is 2.51. The smallest absolute Gasteiger partial charge is 0.0546 e. The lowest BCUT2D eigenvalue weighted by molar-refractivity contribution is 0.0209. The average molecular weight is 323 g/mol. The second-order valence-electron chi connectivity index (χ2n) is 6.80. The molecule has 1 saturated carbocycles. The number of anilines is 1. The first-order valence-corrected chi connectivity index (χ1v) is 8.98. The molecule has 4 heteroatoms. The van der Waals surface area contributed by atoms with Crippen LogP contribution in [0.4, 0.5) is 5.69 Å². The van der Waals surface area contributed by atoms with E-state index in [1.54, 1.807) is 0 Å². The van der Waals surface area contributed by atoms with Crippen LogP contribution in [0.15, 0.2) is 24.3 Å². The summed E-state index contributed by atoms with van der Waals surface area (Å²) in [5.41, 5.74) is 1.28. The van der Waals surface area contributed by atoms with Crippen molar-refractivity contribution in [2.45, 2.75) is 57.2 Å². The number of aliphatic hydroxyl groups excluding tert-OH is 1. The van der Waals surface area contributed by atoms with E-state index >= 15 is 0 Å². The van der Waals surface area contributed by atoms with Gasteiger partial charge in [0.25, 0.3) is 0 Å². The third kappa shape index (κ3) is 3.76. The summed E-state index contributed by atoms with van der Waals surface area (Å²) in [6.45, 7) is 4.46. The van der Waals surface area contributed by atoms with Crippen molar-refractivity contribution in [1.29, 1.82) is 0 Å². The molecule has 0 aromatic heterocycles. The molecule has 0 spiro atoms. The van der Waals surface area contributed by atoms with E-state index in [4.69, 9.17) is 11.6 Å². The van der Waals surface area contributed by atoms with Crippen molar-refractivity contribution in [2.75, 3.05) is 18.0 Å². The fourth-order valence-electron chi connectivity index (χ4n) is 3.80. The van der Waals surface area contributed by atoms with Gasteiger partial charge in [-0.15, -0.1) is 0 Å². The predicted molar refractivity (Wildman–Crippen MR) is 92.6 cm³/mol. The van der Waals surface area contributed by atoms with Gasteiger partial charge in [0.1, 0.15) is 0 Å². The maximum Gasteiger partial charge on any atom is 0.0546 e. The molecule has 2 aliphatic rings. The van der Waals surface area contributed by atoms with E-state index in [0.717, 1.165) is 37.4 Å². The molecule has 0 radical (unpaired) electrons. The summed E-state index contributed by atoms with van der Waals surface area (Å²) in [7, 11) is 0. The van der Waals surface area contributed by atoms with Gasteiger partial charge >= 0.3 is 0 Å². The molecule has 122 valence electrons. The molecule has 1 aromatic rings. The minimum Gasteiger partial charge on any atom is -0.393 e. The second-order valence-corrected chi connectivity index (χ2v) is 7.24. The van der Waals surface area contributed by atoms with Crippen molar-refractivity contribution in [3.63, 3.8) is 0 Å². The Morgan fingerprint density at radius 1 is 1.23 bits per heavy atom. The van der Waals surface area contributed by atoms with Gasteiger partial charge in [-0.1, -0.05) is 18.5 Å². The molecule has 1 atom stereocenters. The minimum absolute atomic E-state index is 0.0485. The van der Waals surface area contributed by atoms with Gasteiger partial charge in [0.2, 0.25) is 0 Å². The second kappa shape index (κ2) is 7.20. The molecule has 0 bridgehead atoms. The van der Waals surface area contributed by atoms with Crippen molar-refractivity contribution in [3.05, 3.63) is 29.3 Å². The summed E-state index contributed by atoms with van der Waals surface area (Å²) in [6, 6.07) is 9.36. The molecule has 2 fully saturated rings. The van der Waals surface area contributed by atoms with Crippen molar-refractivity contribution < 1.29 is 5.11 Å². The Kier molecular flexibility index (Phi) is 5.27. The molecule has 1 aliphatic heterocycles. The predicted octanol–water partition coefficient (Wildman–Crippen LogP) is 3.45. The zero-order valence-electron chi connectivity index (χ0n) is 13.3. The van der Waals surface area contributed by atoms with Crippen LogP contribution in [-0.4, -0.2) is 36.4 Å². The largest absolute Gasteiger partial charge is 0.393 e. The Labute approximate surface area is 138 Å². The molecule has 3 rings (SSSR count). The van der Waals surface area contributed by atoms with Crippen LogP contribution in [0.25, 0.3) is 0 Å². The lowest BCUT2D eigenvalue weighted by atomic mass is 9.76. The summed E-state index contributed by atoms with van der Waals surface area (Å²) in [4.78, 5) is 2.45. The number of hydrogen-bond acceptors (Lipinski definition) is 3. The first kappa shape index (κ1) is 16.1. The van der Waals surface area contributed by atoms with Crippen LogP contribution < -0.4 is 10.2 Å². The van der Waals surface area contributed by atoms with Gasteiger partial charge in [-0.3, -0.25) is 0 Å². The molecule has 3 nitrogen and oxygen atoms in total. The normalized spacial score (nSPS) is 27.5. The summed E-state index contributed by atoms with van der Waals surface area (Å²) < 4.78 is 0. The zero-order chi connectivity index (χ0) is 15.5. The van der Waals surface area contributed by atoms with Gasteiger partial charge in [0, 0.05) is 35.9 Å². The third-order valence-corrected chi connectivity index (χ3v) is 5.55. The van der Waals surface area contributed by atoms with E-state index < -0.39 is 0 Å². The molecule has 1 heterocycles. The number of halogens is 1. The van der Waals surface area contributed by atoms with E-state index in [1.807, 2.05) is 12.1 Å². The number of nitrogens with one attached hydrogen (secondary N) is 1. The Morgan fingerprint density at radius 3 is 2.41 bits per heavy atom. The molecular weight excluding hydrogens is 296 g/mol. The van der Waals surface area contributed by atoms with Crippen LogP contribution in [0.1, 0.15) is 39.0 Å². The monoisotopic (exact) mass is 322 g/mol.